The topological polar surface area (TPSA) is 18.5 Å². The molecule has 3 rings (SSSR count). The van der Waals surface area contributed by atoms with Crippen molar-refractivity contribution in [3.05, 3.63) is 65.0 Å². The van der Waals surface area contributed by atoms with Crippen LogP contribution in [0, 0.1) is 11.7 Å². The van der Waals surface area contributed by atoms with E-state index in [0.717, 1.165) is 29.5 Å². The third kappa shape index (κ3) is 4.61. The standard InChI is InChI=1S/C23H31FO2Si/c1-23(2,3)27(4,5)26-16-18-13-19-11-12-21(22(24)20(19)14-18)25-15-17-9-7-6-8-10-17/h6-12,18H,13-16H2,1-5H3. The van der Waals surface area contributed by atoms with Crippen molar-refractivity contribution in [1.29, 1.82) is 0 Å². The number of rotatable bonds is 6. The first-order valence-electron chi connectivity index (χ1n) is 9.78. The Kier molecular flexibility index (Phi) is 5.78. The maximum absolute atomic E-state index is 15.0. The second kappa shape index (κ2) is 7.76. The van der Waals surface area contributed by atoms with Crippen molar-refractivity contribution in [2.75, 3.05) is 6.61 Å². The van der Waals surface area contributed by atoms with Gasteiger partial charge in [-0.2, -0.15) is 0 Å². The molecule has 0 amide bonds. The Morgan fingerprint density at radius 2 is 1.74 bits per heavy atom. The highest BCUT2D eigenvalue weighted by Gasteiger charge is 2.38. The lowest BCUT2D eigenvalue weighted by molar-refractivity contribution is 0.232. The molecule has 27 heavy (non-hydrogen) atoms. The number of hydrogen-bond donors (Lipinski definition) is 0. The summed E-state index contributed by atoms with van der Waals surface area (Å²) in [5, 5.41) is 0.197. The van der Waals surface area contributed by atoms with Crippen LogP contribution in [-0.4, -0.2) is 14.9 Å². The zero-order valence-corrected chi connectivity index (χ0v) is 18.1. The summed E-state index contributed by atoms with van der Waals surface area (Å²) in [7, 11) is -1.77. The summed E-state index contributed by atoms with van der Waals surface area (Å²) in [5.41, 5.74) is 2.95. The van der Waals surface area contributed by atoms with Gasteiger partial charge in [0.05, 0.1) is 0 Å². The fourth-order valence-corrected chi connectivity index (χ4v) is 4.32. The fraction of sp³-hybridized carbons (Fsp3) is 0.478. The fourth-order valence-electron chi connectivity index (χ4n) is 3.23. The summed E-state index contributed by atoms with van der Waals surface area (Å²) in [6.07, 6.45) is 1.62. The molecular weight excluding hydrogens is 355 g/mol. The molecule has 0 bridgehead atoms. The molecule has 0 saturated carbocycles. The first kappa shape index (κ1) is 20.1. The SMILES string of the molecule is CC(C)(C)[Si](C)(C)OCC1Cc2ccc(OCc3ccccc3)c(F)c2C1. The third-order valence-electron chi connectivity index (χ3n) is 6.03. The van der Waals surface area contributed by atoms with E-state index in [1.165, 1.54) is 0 Å². The Morgan fingerprint density at radius 1 is 1.04 bits per heavy atom. The van der Waals surface area contributed by atoms with Crippen molar-refractivity contribution < 1.29 is 13.6 Å². The molecule has 1 aliphatic carbocycles. The van der Waals surface area contributed by atoms with E-state index < -0.39 is 8.32 Å². The van der Waals surface area contributed by atoms with E-state index in [0.29, 0.717) is 24.9 Å². The minimum Gasteiger partial charge on any atom is -0.486 e. The Balaban J connectivity index is 1.63. The summed E-state index contributed by atoms with van der Waals surface area (Å²) in [6, 6.07) is 13.7. The molecule has 146 valence electrons. The lowest BCUT2D eigenvalue weighted by Crippen LogP contribution is -2.42. The average Bonchev–Trinajstić information content (AvgIpc) is 3.04. The van der Waals surface area contributed by atoms with Gasteiger partial charge in [0.25, 0.3) is 0 Å². The molecule has 2 aromatic rings. The van der Waals surface area contributed by atoms with Crippen LogP contribution in [0.25, 0.3) is 0 Å². The van der Waals surface area contributed by atoms with Gasteiger partial charge in [-0.05, 0) is 59.6 Å². The average molecular weight is 387 g/mol. The largest absolute Gasteiger partial charge is 0.486 e. The summed E-state index contributed by atoms with van der Waals surface area (Å²) in [6.45, 7) is 12.4. The second-order valence-electron chi connectivity index (χ2n) is 9.14. The van der Waals surface area contributed by atoms with Crippen molar-refractivity contribution in [2.24, 2.45) is 5.92 Å². The summed E-state index contributed by atoms with van der Waals surface area (Å²) in [4.78, 5) is 0. The summed E-state index contributed by atoms with van der Waals surface area (Å²) in [5.74, 6) is 0.509. The van der Waals surface area contributed by atoms with Crippen LogP contribution < -0.4 is 4.74 Å². The Hall–Kier alpha value is -1.65. The van der Waals surface area contributed by atoms with Crippen molar-refractivity contribution in [2.45, 2.75) is 58.4 Å². The minimum atomic E-state index is -1.77. The molecule has 0 aliphatic heterocycles. The van der Waals surface area contributed by atoms with Gasteiger partial charge in [0.2, 0.25) is 0 Å². The molecule has 1 unspecified atom stereocenters. The normalized spacial score (nSPS) is 17.0. The first-order chi connectivity index (χ1) is 12.7. The summed E-state index contributed by atoms with van der Waals surface area (Å²) < 4.78 is 27.1. The second-order valence-corrected chi connectivity index (χ2v) is 13.9. The van der Waals surface area contributed by atoms with Gasteiger partial charge in [0.1, 0.15) is 6.61 Å². The number of hydrogen-bond acceptors (Lipinski definition) is 2. The van der Waals surface area contributed by atoms with E-state index in [4.69, 9.17) is 9.16 Å². The molecular formula is C23H31FO2Si. The highest BCUT2D eigenvalue weighted by Crippen LogP contribution is 2.38. The van der Waals surface area contributed by atoms with Gasteiger partial charge in [0.15, 0.2) is 19.9 Å². The molecule has 0 aromatic heterocycles. The molecule has 2 aromatic carbocycles. The van der Waals surface area contributed by atoms with E-state index >= 15 is 0 Å². The Labute approximate surface area is 163 Å². The van der Waals surface area contributed by atoms with Gasteiger partial charge in [-0.25, -0.2) is 4.39 Å². The first-order valence-corrected chi connectivity index (χ1v) is 12.7. The van der Waals surface area contributed by atoms with Crippen LogP contribution in [0.1, 0.15) is 37.5 Å². The van der Waals surface area contributed by atoms with Crippen LogP contribution in [0.15, 0.2) is 42.5 Å². The predicted molar refractivity (Wildman–Crippen MR) is 111 cm³/mol. The van der Waals surface area contributed by atoms with E-state index in [2.05, 4.69) is 33.9 Å². The van der Waals surface area contributed by atoms with Crippen LogP contribution in [0.2, 0.25) is 18.1 Å². The van der Waals surface area contributed by atoms with Crippen molar-refractivity contribution >= 4 is 8.32 Å². The van der Waals surface area contributed by atoms with E-state index in [1.54, 1.807) is 6.07 Å². The van der Waals surface area contributed by atoms with Gasteiger partial charge in [-0.3, -0.25) is 0 Å². The zero-order valence-electron chi connectivity index (χ0n) is 17.1. The van der Waals surface area contributed by atoms with Crippen LogP contribution in [0.5, 0.6) is 5.75 Å². The molecule has 4 heteroatoms. The van der Waals surface area contributed by atoms with Crippen LogP contribution >= 0.6 is 0 Å². The minimum absolute atomic E-state index is 0.196. The predicted octanol–water partition coefficient (Wildman–Crippen LogP) is 6.14. The lowest BCUT2D eigenvalue weighted by Gasteiger charge is -2.37. The molecule has 0 heterocycles. The smallest absolute Gasteiger partial charge is 0.191 e. The van der Waals surface area contributed by atoms with Crippen LogP contribution in [0.4, 0.5) is 4.39 Å². The van der Waals surface area contributed by atoms with E-state index in [9.17, 15) is 4.39 Å². The molecule has 0 N–H and O–H groups in total. The molecule has 0 fully saturated rings. The van der Waals surface area contributed by atoms with Gasteiger partial charge >= 0.3 is 0 Å². The Bertz CT molecular complexity index is 781. The number of fused-ring (bicyclic) bond motifs is 1. The maximum Gasteiger partial charge on any atom is 0.191 e. The third-order valence-corrected chi connectivity index (χ3v) is 10.5. The molecule has 0 radical (unpaired) electrons. The van der Waals surface area contributed by atoms with Gasteiger partial charge in [0, 0.05) is 6.61 Å². The highest BCUT2D eigenvalue weighted by molar-refractivity contribution is 6.74. The summed E-state index contributed by atoms with van der Waals surface area (Å²) >= 11 is 0. The van der Waals surface area contributed by atoms with Gasteiger partial charge in [-0.15, -0.1) is 0 Å². The molecule has 0 saturated heterocycles. The maximum atomic E-state index is 15.0. The zero-order chi connectivity index (χ0) is 19.7. The van der Waals surface area contributed by atoms with Crippen molar-refractivity contribution in [3.63, 3.8) is 0 Å². The van der Waals surface area contributed by atoms with E-state index in [-0.39, 0.29) is 10.9 Å². The molecule has 1 atom stereocenters. The van der Waals surface area contributed by atoms with E-state index in [1.807, 2.05) is 36.4 Å². The van der Waals surface area contributed by atoms with Crippen molar-refractivity contribution in [1.82, 2.24) is 0 Å². The van der Waals surface area contributed by atoms with Gasteiger partial charge < -0.3 is 9.16 Å². The Morgan fingerprint density at radius 3 is 2.41 bits per heavy atom. The van der Waals surface area contributed by atoms with Crippen LogP contribution in [-0.2, 0) is 23.9 Å². The lowest BCUT2D eigenvalue weighted by atomic mass is 10.1. The van der Waals surface area contributed by atoms with Crippen molar-refractivity contribution in [3.8, 4) is 5.75 Å². The molecule has 0 spiro atoms. The van der Waals surface area contributed by atoms with Crippen LogP contribution in [0.3, 0.4) is 0 Å². The quantitative estimate of drug-likeness (QED) is 0.555. The molecule has 2 nitrogen and oxygen atoms in total. The number of ether oxygens (including phenoxy) is 1. The molecule has 1 aliphatic rings. The monoisotopic (exact) mass is 386 g/mol. The highest BCUT2D eigenvalue weighted by atomic mass is 28.4. The number of halogens is 1. The van der Waals surface area contributed by atoms with Gasteiger partial charge in [-0.1, -0.05) is 57.2 Å². The number of benzene rings is 2.